The summed E-state index contributed by atoms with van der Waals surface area (Å²) in [7, 11) is -3.09. The lowest BCUT2D eigenvalue weighted by atomic mass is 10.1. The van der Waals surface area contributed by atoms with Crippen molar-refractivity contribution in [1.82, 2.24) is 9.21 Å². The molecule has 2 N–H and O–H groups in total. The van der Waals surface area contributed by atoms with Crippen molar-refractivity contribution in [2.45, 2.75) is 31.3 Å². The van der Waals surface area contributed by atoms with Crippen LogP contribution in [0.25, 0.3) is 0 Å². The molecule has 0 aromatic heterocycles. The van der Waals surface area contributed by atoms with Crippen molar-refractivity contribution in [2.24, 2.45) is 5.73 Å². The summed E-state index contributed by atoms with van der Waals surface area (Å²) in [5.41, 5.74) is 5.75. The lowest BCUT2D eigenvalue weighted by Crippen LogP contribution is -2.47. The Bertz CT molecular complexity index is 401. The number of amides is 1. The van der Waals surface area contributed by atoms with E-state index in [1.165, 1.54) is 10.6 Å². The fourth-order valence-electron chi connectivity index (χ4n) is 2.60. The molecule has 2 heterocycles. The first-order valence-electron chi connectivity index (χ1n) is 5.88. The van der Waals surface area contributed by atoms with Crippen molar-refractivity contribution in [3.8, 4) is 0 Å². The summed E-state index contributed by atoms with van der Waals surface area (Å²) in [6.45, 7) is 1.62. The fourth-order valence-corrected chi connectivity index (χ4v) is 3.47. The van der Waals surface area contributed by atoms with Gasteiger partial charge in [-0.3, -0.25) is 4.79 Å². The normalized spacial score (nSPS) is 28.9. The molecule has 0 aromatic rings. The summed E-state index contributed by atoms with van der Waals surface area (Å²) >= 11 is 0. The standard InChI is InChI=1S/C10H19N3O3S/c1-17(15,16)12-4-2-9(3-5-12)13-7-8(11)6-10(13)14/h8-9H,2-7,11H2,1H3. The maximum Gasteiger partial charge on any atom is 0.224 e. The molecule has 7 heteroatoms. The van der Waals surface area contributed by atoms with E-state index in [0.717, 1.165) is 0 Å². The van der Waals surface area contributed by atoms with Gasteiger partial charge in [-0.2, -0.15) is 0 Å². The predicted molar refractivity (Wildman–Crippen MR) is 63.7 cm³/mol. The third-order valence-corrected chi connectivity index (χ3v) is 4.82. The van der Waals surface area contributed by atoms with Gasteiger partial charge in [0.05, 0.1) is 6.26 Å². The molecule has 2 rings (SSSR count). The Hall–Kier alpha value is -0.660. The van der Waals surface area contributed by atoms with Crippen LogP contribution in [0.15, 0.2) is 0 Å². The highest BCUT2D eigenvalue weighted by Crippen LogP contribution is 2.22. The number of hydrogen-bond donors (Lipinski definition) is 1. The zero-order valence-corrected chi connectivity index (χ0v) is 10.8. The molecule has 1 amide bonds. The highest BCUT2D eigenvalue weighted by Gasteiger charge is 2.35. The minimum absolute atomic E-state index is 0.0598. The van der Waals surface area contributed by atoms with E-state index in [0.29, 0.717) is 38.9 Å². The molecule has 0 spiro atoms. The Kier molecular flexibility index (Phi) is 3.42. The Morgan fingerprint density at radius 3 is 2.29 bits per heavy atom. The molecule has 0 radical (unpaired) electrons. The van der Waals surface area contributed by atoms with Crippen LogP contribution >= 0.6 is 0 Å². The first-order chi connectivity index (χ1) is 7.88. The highest BCUT2D eigenvalue weighted by atomic mass is 32.2. The maximum atomic E-state index is 11.7. The predicted octanol–water partition coefficient (Wildman–Crippen LogP) is -1.03. The number of likely N-dealkylation sites (tertiary alicyclic amines) is 1. The molecule has 0 aliphatic carbocycles. The Balaban J connectivity index is 1.94. The molecule has 2 aliphatic heterocycles. The second-order valence-corrected chi connectivity index (χ2v) is 6.89. The van der Waals surface area contributed by atoms with Gasteiger partial charge in [0.1, 0.15) is 0 Å². The summed E-state index contributed by atoms with van der Waals surface area (Å²) in [5.74, 6) is 0.107. The van der Waals surface area contributed by atoms with E-state index in [4.69, 9.17) is 5.73 Å². The molecule has 17 heavy (non-hydrogen) atoms. The van der Waals surface area contributed by atoms with Crippen molar-refractivity contribution < 1.29 is 13.2 Å². The van der Waals surface area contributed by atoms with Gasteiger partial charge in [0.25, 0.3) is 0 Å². The third kappa shape index (κ3) is 2.78. The monoisotopic (exact) mass is 261 g/mol. The first kappa shape index (κ1) is 12.8. The number of sulfonamides is 1. The SMILES string of the molecule is CS(=O)(=O)N1CCC(N2CC(N)CC2=O)CC1. The van der Waals surface area contributed by atoms with Gasteiger partial charge in [-0.1, -0.05) is 0 Å². The fraction of sp³-hybridized carbons (Fsp3) is 0.900. The quantitative estimate of drug-likeness (QED) is 0.689. The van der Waals surface area contributed by atoms with Crippen LogP contribution in [0.5, 0.6) is 0 Å². The Labute approximate surface area is 102 Å². The second-order valence-electron chi connectivity index (χ2n) is 4.90. The maximum absolute atomic E-state index is 11.7. The van der Waals surface area contributed by atoms with Gasteiger partial charge in [-0.05, 0) is 12.8 Å². The molecule has 0 aromatic carbocycles. The topological polar surface area (TPSA) is 83.7 Å². The summed E-state index contributed by atoms with van der Waals surface area (Å²) in [4.78, 5) is 13.5. The molecule has 98 valence electrons. The van der Waals surface area contributed by atoms with E-state index in [9.17, 15) is 13.2 Å². The second kappa shape index (κ2) is 4.55. The summed E-state index contributed by atoms with van der Waals surface area (Å²) in [6, 6.07) is 0.101. The van der Waals surface area contributed by atoms with Crippen LogP contribution < -0.4 is 5.73 Å². The van der Waals surface area contributed by atoms with Gasteiger partial charge < -0.3 is 10.6 Å². The van der Waals surface area contributed by atoms with E-state index in [2.05, 4.69) is 0 Å². The number of piperidine rings is 1. The van der Waals surface area contributed by atoms with Crippen molar-refractivity contribution in [3.63, 3.8) is 0 Å². The van der Waals surface area contributed by atoms with Crippen molar-refractivity contribution in [3.05, 3.63) is 0 Å². The zero-order chi connectivity index (χ0) is 12.6. The lowest BCUT2D eigenvalue weighted by molar-refractivity contribution is -0.130. The van der Waals surface area contributed by atoms with Crippen LogP contribution in [0.1, 0.15) is 19.3 Å². The van der Waals surface area contributed by atoms with E-state index in [1.807, 2.05) is 4.90 Å². The van der Waals surface area contributed by atoms with Gasteiger partial charge in [-0.15, -0.1) is 0 Å². The van der Waals surface area contributed by atoms with Crippen LogP contribution in [-0.4, -0.2) is 61.5 Å². The Morgan fingerprint density at radius 2 is 1.88 bits per heavy atom. The average Bonchev–Trinajstić information content (AvgIpc) is 2.57. The van der Waals surface area contributed by atoms with Crippen LogP contribution in [0.4, 0.5) is 0 Å². The first-order valence-corrected chi connectivity index (χ1v) is 7.73. The average molecular weight is 261 g/mol. The number of carbonyl (C=O) groups excluding carboxylic acids is 1. The summed E-state index contributed by atoms with van der Waals surface area (Å²) in [5, 5.41) is 0. The van der Waals surface area contributed by atoms with Crippen molar-refractivity contribution in [2.75, 3.05) is 25.9 Å². The molecule has 2 saturated heterocycles. The smallest absolute Gasteiger partial charge is 0.224 e. The van der Waals surface area contributed by atoms with Crippen LogP contribution in [-0.2, 0) is 14.8 Å². The molecular weight excluding hydrogens is 242 g/mol. The number of nitrogens with zero attached hydrogens (tertiary/aromatic N) is 2. The summed E-state index contributed by atoms with van der Waals surface area (Å²) < 4.78 is 24.2. The molecule has 2 fully saturated rings. The van der Waals surface area contributed by atoms with E-state index >= 15 is 0 Å². The van der Waals surface area contributed by atoms with Gasteiger partial charge in [0.2, 0.25) is 15.9 Å². The molecule has 1 atom stereocenters. The number of carbonyl (C=O) groups is 1. The molecular formula is C10H19N3O3S. The van der Waals surface area contributed by atoms with Gasteiger partial charge in [-0.25, -0.2) is 12.7 Å². The van der Waals surface area contributed by atoms with Crippen molar-refractivity contribution in [1.29, 1.82) is 0 Å². The highest BCUT2D eigenvalue weighted by molar-refractivity contribution is 7.88. The van der Waals surface area contributed by atoms with Crippen LogP contribution in [0.2, 0.25) is 0 Å². The van der Waals surface area contributed by atoms with Crippen molar-refractivity contribution >= 4 is 15.9 Å². The summed E-state index contributed by atoms with van der Waals surface area (Å²) in [6.07, 6.45) is 3.08. The number of nitrogens with two attached hydrogens (primary N) is 1. The van der Waals surface area contributed by atoms with Gasteiger partial charge in [0, 0.05) is 38.1 Å². The van der Waals surface area contributed by atoms with E-state index < -0.39 is 10.0 Å². The van der Waals surface area contributed by atoms with Crippen LogP contribution in [0.3, 0.4) is 0 Å². The third-order valence-electron chi connectivity index (χ3n) is 3.52. The molecule has 0 bridgehead atoms. The zero-order valence-electron chi connectivity index (χ0n) is 10.0. The molecule has 0 saturated carbocycles. The number of hydrogen-bond acceptors (Lipinski definition) is 4. The van der Waals surface area contributed by atoms with Gasteiger partial charge >= 0.3 is 0 Å². The van der Waals surface area contributed by atoms with E-state index in [-0.39, 0.29) is 18.0 Å². The Morgan fingerprint density at radius 1 is 1.29 bits per heavy atom. The molecule has 2 aliphatic rings. The minimum atomic E-state index is -3.09. The van der Waals surface area contributed by atoms with Gasteiger partial charge in [0.15, 0.2) is 0 Å². The molecule has 1 unspecified atom stereocenters. The molecule has 6 nitrogen and oxygen atoms in total. The largest absolute Gasteiger partial charge is 0.338 e. The lowest BCUT2D eigenvalue weighted by Gasteiger charge is -2.35. The van der Waals surface area contributed by atoms with Crippen LogP contribution in [0, 0.1) is 0 Å². The number of rotatable bonds is 2. The van der Waals surface area contributed by atoms with E-state index in [1.54, 1.807) is 0 Å². The minimum Gasteiger partial charge on any atom is -0.338 e.